The van der Waals surface area contributed by atoms with Gasteiger partial charge in [-0.05, 0) is 42.0 Å². The van der Waals surface area contributed by atoms with E-state index < -0.39 is 5.97 Å². The van der Waals surface area contributed by atoms with E-state index in [1.165, 1.54) is 18.2 Å². The van der Waals surface area contributed by atoms with Crippen molar-refractivity contribution in [2.45, 2.75) is 0 Å². The number of fused-ring (bicyclic) bond motifs is 1. The fourth-order valence-electron chi connectivity index (χ4n) is 2.34. The van der Waals surface area contributed by atoms with Gasteiger partial charge in [0.25, 0.3) is 0 Å². The average Bonchev–Trinajstić information content (AvgIpc) is 2.83. The number of hydrogen-bond donors (Lipinski definition) is 1. The Hall–Kier alpha value is -3.08. The van der Waals surface area contributed by atoms with Gasteiger partial charge in [0.1, 0.15) is 5.75 Å². The predicted octanol–water partition coefficient (Wildman–Crippen LogP) is 3.07. The molecule has 0 amide bonds. The number of carboxylic acids is 1. The third-order valence-electron chi connectivity index (χ3n) is 3.62. The molecule has 0 aliphatic carbocycles. The van der Waals surface area contributed by atoms with Gasteiger partial charge in [0.2, 0.25) is 5.78 Å². The number of rotatable bonds is 3. The SMILES string of the molecule is CN(C)c1ccc(/C=C2\Oc3ccc(C(=O)O)cc3C2=O)cc1. The average molecular weight is 309 g/mol. The van der Waals surface area contributed by atoms with E-state index in [-0.39, 0.29) is 22.7 Å². The molecule has 1 heterocycles. The maximum atomic E-state index is 12.4. The van der Waals surface area contributed by atoms with E-state index >= 15 is 0 Å². The highest BCUT2D eigenvalue weighted by molar-refractivity contribution is 6.15. The first-order valence-corrected chi connectivity index (χ1v) is 7.04. The number of aromatic carboxylic acids is 1. The van der Waals surface area contributed by atoms with E-state index in [1.54, 1.807) is 6.08 Å². The minimum absolute atomic E-state index is 0.0669. The van der Waals surface area contributed by atoms with Crippen LogP contribution in [0.5, 0.6) is 5.75 Å². The lowest BCUT2D eigenvalue weighted by Crippen LogP contribution is -2.08. The quantitative estimate of drug-likeness (QED) is 0.883. The number of hydrogen-bond acceptors (Lipinski definition) is 4. The van der Waals surface area contributed by atoms with E-state index in [1.807, 2.05) is 43.3 Å². The molecule has 1 aliphatic heterocycles. The van der Waals surface area contributed by atoms with E-state index in [0.717, 1.165) is 11.3 Å². The van der Waals surface area contributed by atoms with Crippen molar-refractivity contribution >= 4 is 23.5 Å². The highest BCUT2D eigenvalue weighted by Crippen LogP contribution is 2.32. The van der Waals surface area contributed by atoms with Crippen LogP contribution in [-0.2, 0) is 0 Å². The third-order valence-corrected chi connectivity index (χ3v) is 3.62. The molecule has 0 bridgehead atoms. The smallest absolute Gasteiger partial charge is 0.335 e. The highest BCUT2D eigenvalue weighted by atomic mass is 16.5. The number of nitrogens with zero attached hydrogens (tertiary/aromatic N) is 1. The summed E-state index contributed by atoms with van der Waals surface area (Å²) in [6, 6.07) is 11.9. The Morgan fingerprint density at radius 2 is 1.83 bits per heavy atom. The number of carboxylic acid groups (broad SMARTS) is 1. The summed E-state index contributed by atoms with van der Waals surface area (Å²) in [7, 11) is 3.90. The van der Waals surface area contributed by atoms with Crippen molar-refractivity contribution in [3.05, 3.63) is 64.9 Å². The molecule has 0 atom stereocenters. The molecule has 0 unspecified atom stereocenters. The van der Waals surface area contributed by atoms with E-state index in [4.69, 9.17) is 9.84 Å². The van der Waals surface area contributed by atoms with Crippen molar-refractivity contribution < 1.29 is 19.4 Å². The zero-order valence-electron chi connectivity index (χ0n) is 12.7. The van der Waals surface area contributed by atoms with Gasteiger partial charge in [-0.1, -0.05) is 12.1 Å². The summed E-state index contributed by atoms with van der Waals surface area (Å²) in [6.45, 7) is 0. The van der Waals surface area contributed by atoms with Crippen LogP contribution in [0.3, 0.4) is 0 Å². The van der Waals surface area contributed by atoms with Crippen molar-refractivity contribution in [1.82, 2.24) is 0 Å². The zero-order valence-corrected chi connectivity index (χ0v) is 12.7. The molecule has 0 saturated carbocycles. The monoisotopic (exact) mass is 309 g/mol. The Morgan fingerprint density at radius 1 is 1.13 bits per heavy atom. The van der Waals surface area contributed by atoms with Gasteiger partial charge in [0.05, 0.1) is 11.1 Å². The summed E-state index contributed by atoms with van der Waals surface area (Å²) in [5.41, 5.74) is 2.24. The van der Waals surface area contributed by atoms with Crippen LogP contribution in [0.4, 0.5) is 5.69 Å². The van der Waals surface area contributed by atoms with Gasteiger partial charge in [0, 0.05) is 19.8 Å². The molecule has 116 valence electrons. The molecule has 3 rings (SSSR count). The van der Waals surface area contributed by atoms with Gasteiger partial charge in [-0.25, -0.2) is 4.79 Å². The predicted molar refractivity (Wildman–Crippen MR) is 87.1 cm³/mol. The van der Waals surface area contributed by atoms with Crippen LogP contribution in [0.25, 0.3) is 6.08 Å². The molecule has 1 N–H and O–H groups in total. The molecule has 0 radical (unpaired) electrons. The summed E-state index contributed by atoms with van der Waals surface area (Å²) < 4.78 is 5.54. The molecule has 23 heavy (non-hydrogen) atoms. The van der Waals surface area contributed by atoms with Gasteiger partial charge in [-0.15, -0.1) is 0 Å². The first-order chi connectivity index (χ1) is 11.0. The Balaban J connectivity index is 1.90. The molecular formula is C18H15NO4. The molecule has 5 heteroatoms. The van der Waals surface area contributed by atoms with Crippen molar-refractivity contribution in [1.29, 1.82) is 0 Å². The van der Waals surface area contributed by atoms with E-state index in [0.29, 0.717) is 5.75 Å². The summed E-state index contributed by atoms with van der Waals surface area (Å²) in [4.78, 5) is 25.3. The lowest BCUT2D eigenvalue weighted by atomic mass is 10.1. The van der Waals surface area contributed by atoms with Crippen LogP contribution in [0.1, 0.15) is 26.3 Å². The van der Waals surface area contributed by atoms with E-state index in [9.17, 15) is 9.59 Å². The molecular weight excluding hydrogens is 294 g/mol. The topological polar surface area (TPSA) is 66.8 Å². The lowest BCUT2D eigenvalue weighted by molar-refractivity contribution is 0.0697. The molecule has 0 fully saturated rings. The van der Waals surface area contributed by atoms with Crippen LogP contribution in [-0.4, -0.2) is 31.0 Å². The van der Waals surface area contributed by atoms with Crippen molar-refractivity contribution in [3.8, 4) is 5.75 Å². The zero-order chi connectivity index (χ0) is 16.6. The molecule has 0 saturated heterocycles. The summed E-state index contributed by atoms with van der Waals surface area (Å²) in [6.07, 6.45) is 1.65. The van der Waals surface area contributed by atoms with Gasteiger partial charge in [-0.2, -0.15) is 0 Å². The first kappa shape index (κ1) is 14.8. The minimum Gasteiger partial charge on any atom is -0.478 e. The maximum Gasteiger partial charge on any atom is 0.335 e. The number of anilines is 1. The summed E-state index contributed by atoms with van der Waals surface area (Å²) in [5, 5.41) is 9.00. The van der Waals surface area contributed by atoms with Gasteiger partial charge < -0.3 is 14.7 Å². The summed E-state index contributed by atoms with van der Waals surface area (Å²) >= 11 is 0. The van der Waals surface area contributed by atoms with Crippen molar-refractivity contribution in [2.75, 3.05) is 19.0 Å². The van der Waals surface area contributed by atoms with E-state index in [2.05, 4.69) is 0 Å². The van der Waals surface area contributed by atoms with Crippen LogP contribution < -0.4 is 9.64 Å². The molecule has 0 spiro atoms. The fourth-order valence-corrected chi connectivity index (χ4v) is 2.34. The maximum absolute atomic E-state index is 12.4. The first-order valence-electron chi connectivity index (χ1n) is 7.04. The number of ketones is 1. The van der Waals surface area contributed by atoms with Crippen molar-refractivity contribution in [3.63, 3.8) is 0 Å². The second-order valence-corrected chi connectivity index (χ2v) is 5.44. The Labute approximate surface area is 133 Å². The molecule has 1 aliphatic rings. The van der Waals surface area contributed by atoms with Gasteiger partial charge >= 0.3 is 5.97 Å². The molecule has 2 aromatic rings. The molecule has 0 aromatic heterocycles. The number of allylic oxidation sites excluding steroid dienone is 1. The number of carbonyl (C=O) groups excluding carboxylic acids is 1. The minimum atomic E-state index is -1.07. The highest BCUT2D eigenvalue weighted by Gasteiger charge is 2.28. The van der Waals surface area contributed by atoms with Gasteiger partial charge in [0.15, 0.2) is 5.76 Å². The Kier molecular flexibility index (Phi) is 3.62. The third kappa shape index (κ3) is 2.81. The normalized spacial score (nSPS) is 14.5. The van der Waals surface area contributed by atoms with Crippen LogP contribution in [0.2, 0.25) is 0 Å². The Bertz CT molecular complexity index is 819. The second-order valence-electron chi connectivity index (χ2n) is 5.44. The number of Topliss-reactive ketones (excluding diaryl/α,β-unsaturated/α-hetero) is 1. The number of carbonyl (C=O) groups is 2. The standard InChI is InChI=1S/C18H15NO4/c1-19(2)13-6-3-11(4-7-13)9-16-17(20)14-10-12(18(21)22)5-8-15(14)23-16/h3-10H,1-2H3,(H,21,22)/b16-9-. The van der Waals surface area contributed by atoms with Crippen molar-refractivity contribution in [2.24, 2.45) is 0 Å². The van der Waals surface area contributed by atoms with Crippen LogP contribution >= 0.6 is 0 Å². The molecule has 2 aromatic carbocycles. The largest absolute Gasteiger partial charge is 0.478 e. The summed E-state index contributed by atoms with van der Waals surface area (Å²) in [5.74, 6) is -0.798. The molecule has 5 nitrogen and oxygen atoms in total. The van der Waals surface area contributed by atoms with Gasteiger partial charge in [-0.3, -0.25) is 4.79 Å². The van der Waals surface area contributed by atoms with Crippen LogP contribution in [0, 0.1) is 0 Å². The fraction of sp³-hybridized carbons (Fsp3) is 0.111. The second kappa shape index (κ2) is 5.61. The van der Waals surface area contributed by atoms with Crippen LogP contribution in [0.15, 0.2) is 48.2 Å². The Morgan fingerprint density at radius 3 is 2.43 bits per heavy atom. The number of ether oxygens (including phenoxy) is 1. The number of benzene rings is 2. The lowest BCUT2D eigenvalue weighted by Gasteiger charge is -2.11.